The molecule has 2 heterocycles. The molecule has 7 nitrogen and oxygen atoms in total. The van der Waals surface area contributed by atoms with E-state index >= 15 is 0 Å². The van der Waals surface area contributed by atoms with Crippen molar-refractivity contribution < 1.29 is 4.79 Å². The highest BCUT2D eigenvalue weighted by molar-refractivity contribution is 5.99. The SMILES string of the molecule is Cc1cccc(-c2ccnc3c(C(=O)N(CN(C)C)CN(C)C)cnn23)c1. The van der Waals surface area contributed by atoms with Crippen LogP contribution in [0, 0.1) is 6.92 Å². The summed E-state index contributed by atoms with van der Waals surface area (Å²) >= 11 is 0. The lowest BCUT2D eigenvalue weighted by Gasteiger charge is -2.28. The first-order chi connectivity index (χ1) is 12.9. The molecule has 0 aliphatic carbocycles. The van der Waals surface area contributed by atoms with Crippen LogP contribution in [0.3, 0.4) is 0 Å². The van der Waals surface area contributed by atoms with Crippen LogP contribution < -0.4 is 0 Å². The summed E-state index contributed by atoms with van der Waals surface area (Å²) in [6, 6.07) is 10.1. The molecule has 0 atom stereocenters. The first-order valence-electron chi connectivity index (χ1n) is 8.85. The molecule has 0 bridgehead atoms. The normalized spacial score (nSPS) is 11.5. The van der Waals surface area contributed by atoms with E-state index in [0.717, 1.165) is 11.3 Å². The molecule has 2 aromatic heterocycles. The Balaban J connectivity index is 2.03. The second-order valence-electron chi connectivity index (χ2n) is 7.28. The maximum atomic E-state index is 13.2. The Hall–Kier alpha value is -2.77. The number of benzene rings is 1. The molecule has 0 fully saturated rings. The Morgan fingerprint density at radius 2 is 1.78 bits per heavy atom. The number of carbonyl (C=O) groups excluding carboxylic acids is 1. The number of aryl methyl sites for hydroxylation is 1. The lowest BCUT2D eigenvalue weighted by atomic mass is 10.1. The fourth-order valence-electron chi connectivity index (χ4n) is 3.09. The van der Waals surface area contributed by atoms with Crippen LogP contribution in [0.4, 0.5) is 0 Å². The Bertz CT molecular complexity index is 937. The lowest BCUT2D eigenvalue weighted by molar-refractivity contribution is 0.0572. The van der Waals surface area contributed by atoms with Crippen molar-refractivity contribution in [2.75, 3.05) is 41.5 Å². The van der Waals surface area contributed by atoms with Crippen LogP contribution in [0.5, 0.6) is 0 Å². The van der Waals surface area contributed by atoms with Crippen molar-refractivity contribution in [1.82, 2.24) is 29.3 Å². The summed E-state index contributed by atoms with van der Waals surface area (Å²) in [5.74, 6) is -0.0821. The van der Waals surface area contributed by atoms with Gasteiger partial charge in [0.15, 0.2) is 5.65 Å². The maximum Gasteiger partial charge on any atom is 0.261 e. The summed E-state index contributed by atoms with van der Waals surface area (Å²) in [5, 5.41) is 4.47. The van der Waals surface area contributed by atoms with Gasteiger partial charge < -0.3 is 4.90 Å². The third-order valence-corrected chi connectivity index (χ3v) is 4.14. The number of aromatic nitrogens is 3. The molecule has 7 heteroatoms. The molecule has 0 radical (unpaired) electrons. The minimum absolute atomic E-state index is 0.0821. The molecular weight excluding hydrogens is 340 g/mol. The van der Waals surface area contributed by atoms with E-state index < -0.39 is 0 Å². The molecule has 3 rings (SSSR count). The van der Waals surface area contributed by atoms with E-state index in [9.17, 15) is 4.79 Å². The summed E-state index contributed by atoms with van der Waals surface area (Å²) in [7, 11) is 7.78. The fourth-order valence-corrected chi connectivity index (χ4v) is 3.09. The Kier molecular flexibility index (Phi) is 5.53. The Labute approximate surface area is 159 Å². The molecule has 0 spiro atoms. The number of nitrogens with zero attached hydrogens (tertiary/aromatic N) is 6. The summed E-state index contributed by atoms with van der Waals surface area (Å²) in [5.41, 5.74) is 4.20. The van der Waals surface area contributed by atoms with Crippen molar-refractivity contribution in [3.8, 4) is 11.3 Å². The van der Waals surface area contributed by atoms with Gasteiger partial charge in [-0.1, -0.05) is 23.8 Å². The zero-order valence-electron chi connectivity index (χ0n) is 16.5. The maximum absolute atomic E-state index is 13.2. The summed E-state index contributed by atoms with van der Waals surface area (Å²) in [4.78, 5) is 23.3. The minimum Gasteiger partial charge on any atom is -0.313 e. The van der Waals surface area contributed by atoms with Crippen LogP contribution in [0.2, 0.25) is 0 Å². The van der Waals surface area contributed by atoms with Crippen molar-refractivity contribution in [3.63, 3.8) is 0 Å². The third kappa shape index (κ3) is 4.15. The zero-order chi connectivity index (χ0) is 19.6. The predicted molar refractivity (Wildman–Crippen MR) is 106 cm³/mol. The van der Waals surface area contributed by atoms with Gasteiger partial charge in [-0.25, -0.2) is 9.50 Å². The topological polar surface area (TPSA) is 57.0 Å². The zero-order valence-corrected chi connectivity index (χ0v) is 16.5. The lowest BCUT2D eigenvalue weighted by Crippen LogP contribution is -2.43. The highest BCUT2D eigenvalue weighted by Gasteiger charge is 2.22. The summed E-state index contributed by atoms with van der Waals surface area (Å²) < 4.78 is 1.74. The minimum atomic E-state index is -0.0821. The van der Waals surface area contributed by atoms with Gasteiger partial charge in [0.05, 0.1) is 25.2 Å². The van der Waals surface area contributed by atoms with Crippen LogP contribution in [-0.4, -0.2) is 76.7 Å². The Morgan fingerprint density at radius 1 is 1.07 bits per heavy atom. The van der Waals surface area contributed by atoms with Crippen LogP contribution >= 0.6 is 0 Å². The van der Waals surface area contributed by atoms with Gasteiger partial charge in [0.2, 0.25) is 0 Å². The molecule has 1 amide bonds. The second-order valence-corrected chi connectivity index (χ2v) is 7.28. The van der Waals surface area contributed by atoms with Crippen molar-refractivity contribution >= 4 is 11.6 Å². The fraction of sp³-hybridized carbons (Fsp3) is 0.350. The number of hydrogen-bond acceptors (Lipinski definition) is 5. The summed E-state index contributed by atoms with van der Waals surface area (Å²) in [6.45, 7) is 3.10. The molecule has 0 saturated carbocycles. The first kappa shape index (κ1) is 19.0. The van der Waals surface area contributed by atoms with Gasteiger partial charge in [0.1, 0.15) is 5.56 Å². The molecular formula is C20H26N6O. The molecule has 27 heavy (non-hydrogen) atoms. The summed E-state index contributed by atoms with van der Waals surface area (Å²) in [6.07, 6.45) is 3.34. The number of hydrogen-bond donors (Lipinski definition) is 0. The van der Waals surface area contributed by atoms with Crippen LogP contribution in [-0.2, 0) is 0 Å². The van der Waals surface area contributed by atoms with E-state index in [-0.39, 0.29) is 5.91 Å². The third-order valence-electron chi connectivity index (χ3n) is 4.14. The smallest absolute Gasteiger partial charge is 0.261 e. The standard InChI is InChI=1S/C20H26N6O/c1-15-7-6-8-16(11-15)18-9-10-21-19-17(12-22-26(18)19)20(27)25(13-23(2)3)14-24(4)5/h6-12H,13-14H2,1-5H3. The van der Waals surface area contributed by atoms with Crippen molar-refractivity contribution in [3.05, 3.63) is 53.9 Å². The number of amides is 1. The van der Waals surface area contributed by atoms with Gasteiger partial charge in [-0.05, 0) is 47.2 Å². The van der Waals surface area contributed by atoms with Crippen LogP contribution in [0.1, 0.15) is 15.9 Å². The first-order valence-corrected chi connectivity index (χ1v) is 8.85. The number of carbonyl (C=O) groups is 1. The van der Waals surface area contributed by atoms with E-state index in [2.05, 4.69) is 29.1 Å². The van der Waals surface area contributed by atoms with E-state index in [1.165, 1.54) is 5.56 Å². The van der Waals surface area contributed by atoms with E-state index in [4.69, 9.17) is 0 Å². The van der Waals surface area contributed by atoms with Crippen LogP contribution in [0.15, 0.2) is 42.7 Å². The van der Waals surface area contributed by atoms with Gasteiger partial charge in [0, 0.05) is 11.8 Å². The second kappa shape index (κ2) is 7.85. The molecule has 142 valence electrons. The monoisotopic (exact) mass is 366 g/mol. The predicted octanol–water partition coefficient (Wildman–Crippen LogP) is 2.19. The average molecular weight is 366 g/mol. The van der Waals surface area contributed by atoms with Gasteiger partial charge in [0.25, 0.3) is 5.91 Å². The number of fused-ring (bicyclic) bond motifs is 1. The molecule has 0 unspecified atom stereocenters. The van der Waals surface area contributed by atoms with Gasteiger partial charge in [-0.15, -0.1) is 0 Å². The van der Waals surface area contributed by atoms with Gasteiger partial charge in [-0.2, -0.15) is 5.10 Å². The van der Waals surface area contributed by atoms with E-state index in [1.807, 2.05) is 56.2 Å². The Morgan fingerprint density at radius 3 is 2.41 bits per heavy atom. The molecule has 0 aliphatic rings. The molecule has 1 aromatic carbocycles. The van der Waals surface area contributed by atoms with Crippen molar-refractivity contribution in [2.24, 2.45) is 0 Å². The van der Waals surface area contributed by atoms with Crippen molar-refractivity contribution in [2.45, 2.75) is 6.92 Å². The van der Waals surface area contributed by atoms with E-state index in [0.29, 0.717) is 24.5 Å². The van der Waals surface area contributed by atoms with Crippen LogP contribution in [0.25, 0.3) is 16.9 Å². The highest BCUT2D eigenvalue weighted by Crippen LogP contribution is 2.22. The van der Waals surface area contributed by atoms with Gasteiger partial charge >= 0.3 is 0 Å². The molecule has 0 saturated heterocycles. The van der Waals surface area contributed by atoms with Gasteiger partial charge in [-0.3, -0.25) is 14.6 Å². The molecule has 0 aliphatic heterocycles. The average Bonchev–Trinajstić information content (AvgIpc) is 3.03. The van der Waals surface area contributed by atoms with E-state index in [1.54, 1.807) is 21.8 Å². The van der Waals surface area contributed by atoms with Crippen molar-refractivity contribution in [1.29, 1.82) is 0 Å². The molecule has 3 aromatic rings. The highest BCUT2D eigenvalue weighted by atomic mass is 16.2. The molecule has 0 N–H and O–H groups in total. The number of rotatable bonds is 6. The largest absolute Gasteiger partial charge is 0.313 e. The quantitative estimate of drug-likeness (QED) is 0.626.